The van der Waals surface area contributed by atoms with Gasteiger partial charge < -0.3 is 5.32 Å². The van der Waals surface area contributed by atoms with Crippen molar-refractivity contribution in [2.45, 2.75) is 84.6 Å². The van der Waals surface area contributed by atoms with E-state index < -0.39 is 0 Å². The summed E-state index contributed by atoms with van der Waals surface area (Å²) in [6.45, 7) is 7.92. The van der Waals surface area contributed by atoms with Crippen LogP contribution >= 0.6 is 0 Å². The molecule has 1 rings (SSSR count). The molecule has 1 N–H and O–H groups in total. The highest BCUT2D eigenvalue weighted by Gasteiger charge is 2.13. The van der Waals surface area contributed by atoms with E-state index in [-0.39, 0.29) is 0 Å². The second-order valence-corrected chi connectivity index (χ2v) is 6.12. The average molecular weight is 290 g/mol. The molecule has 1 aromatic carbocycles. The molecule has 0 saturated carbocycles. The van der Waals surface area contributed by atoms with Gasteiger partial charge in [-0.25, -0.2) is 0 Å². The molecule has 0 amide bonds. The molecule has 0 bridgehead atoms. The second kappa shape index (κ2) is 11.8. The van der Waals surface area contributed by atoms with E-state index in [1.807, 2.05) is 0 Å². The first-order valence-electron chi connectivity index (χ1n) is 9.14. The Balaban J connectivity index is 2.51. The van der Waals surface area contributed by atoms with Gasteiger partial charge in [-0.15, -0.1) is 0 Å². The third-order valence-electron chi connectivity index (χ3n) is 4.30. The topological polar surface area (TPSA) is 12.0 Å². The first-order chi connectivity index (χ1) is 10.3. The van der Waals surface area contributed by atoms with Gasteiger partial charge in [-0.3, -0.25) is 0 Å². The lowest BCUT2D eigenvalue weighted by atomic mass is 9.94. The number of hydrogen-bond donors (Lipinski definition) is 1. The summed E-state index contributed by atoms with van der Waals surface area (Å²) in [7, 11) is 0. The van der Waals surface area contributed by atoms with Crippen LogP contribution in [0.2, 0.25) is 0 Å². The first-order valence-corrected chi connectivity index (χ1v) is 9.14. The molecule has 21 heavy (non-hydrogen) atoms. The van der Waals surface area contributed by atoms with Crippen molar-refractivity contribution in [2.75, 3.05) is 6.54 Å². The van der Waals surface area contributed by atoms with E-state index in [4.69, 9.17) is 0 Å². The summed E-state index contributed by atoms with van der Waals surface area (Å²) in [5.41, 5.74) is 3.04. The fraction of sp³-hybridized carbons (Fsp3) is 0.700. The van der Waals surface area contributed by atoms with E-state index in [1.165, 1.54) is 62.5 Å². The van der Waals surface area contributed by atoms with Gasteiger partial charge >= 0.3 is 0 Å². The van der Waals surface area contributed by atoms with Crippen molar-refractivity contribution in [1.82, 2.24) is 5.32 Å². The van der Waals surface area contributed by atoms with Crippen molar-refractivity contribution in [3.8, 4) is 0 Å². The van der Waals surface area contributed by atoms with Gasteiger partial charge in [-0.2, -0.15) is 0 Å². The fourth-order valence-electron chi connectivity index (χ4n) is 3.01. The Morgan fingerprint density at radius 1 is 0.857 bits per heavy atom. The maximum Gasteiger partial charge on any atom is 0.0322 e. The van der Waals surface area contributed by atoms with Crippen LogP contribution in [0.5, 0.6) is 0 Å². The Hall–Kier alpha value is -0.820. The van der Waals surface area contributed by atoms with Crippen LogP contribution < -0.4 is 5.32 Å². The molecule has 0 aliphatic heterocycles. The summed E-state index contributed by atoms with van der Waals surface area (Å²) in [5.74, 6) is 0. The van der Waals surface area contributed by atoms with Gasteiger partial charge in [0.25, 0.3) is 0 Å². The van der Waals surface area contributed by atoms with E-state index in [0.717, 1.165) is 13.0 Å². The van der Waals surface area contributed by atoms with Gasteiger partial charge in [0.2, 0.25) is 0 Å². The molecule has 1 unspecified atom stereocenters. The lowest BCUT2D eigenvalue weighted by Gasteiger charge is -2.21. The normalized spacial score (nSPS) is 12.5. The molecule has 1 heteroatoms. The maximum absolute atomic E-state index is 3.76. The van der Waals surface area contributed by atoms with Gasteiger partial charge in [-0.05, 0) is 36.9 Å². The predicted octanol–water partition coefficient (Wildman–Crippen LogP) is 6.04. The van der Waals surface area contributed by atoms with Crippen molar-refractivity contribution < 1.29 is 0 Å². The summed E-state index contributed by atoms with van der Waals surface area (Å²) < 4.78 is 0. The Kier molecular flexibility index (Phi) is 10.2. The molecular weight excluding hydrogens is 254 g/mol. The molecule has 0 aliphatic rings. The zero-order chi connectivity index (χ0) is 15.3. The van der Waals surface area contributed by atoms with Crippen molar-refractivity contribution in [3.05, 3.63) is 35.4 Å². The number of aryl methyl sites for hydroxylation is 1. The quantitative estimate of drug-likeness (QED) is 0.462. The monoisotopic (exact) mass is 289 g/mol. The molecule has 0 aromatic heterocycles. The second-order valence-electron chi connectivity index (χ2n) is 6.12. The van der Waals surface area contributed by atoms with Crippen LogP contribution in [0.4, 0.5) is 0 Å². The van der Waals surface area contributed by atoms with E-state index in [2.05, 4.69) is 50.4 Å². The average Bonchev–Trinajstić information content (AvgIpc) is 2.53. The van der Waals surface area contributed by atoms with E-state index in [9.17, 15) is 0 Å². The van der Waals surface area contributed by atoms with Crippen LogP contribution in [0, 0.1) is 0 Å². The molecular formula is C20H35N. The summed E-state index contributed by atoms with van der Waals surface area (Å²) in [6.07, 6.45) is 11.9. The number of rotatable bonds is 12. The highest BCUT2D eigenvalue weighted by Crippen LogP contribution is 2.24. The van der Waals surface area contributed by atoms with Crippen molar-refractivity contribution in [3.63, 3.8) is 0 Å². The van der Waals surface area contributed by atoms with Crippen molar-refractivity contribution >= 4 is 0 Å². The number of unbranched alkanes of at least 4 members (excludes halogenated alkanes) is 5. The Bertz CT molecular complexity index is 359. The van der Waals surface area contributed by atoms with Crippen LogP contribution in [0.1, 0.15) is 89.3 Å². The predicted molar refractivity (Wildman–Crippen MR) is 94.8 cm³/mol. The number of hydrogen-bond acceptors (Lipinski definition) is 1. The Morgan fingerprint density at radius 3 is 2.29 bits per heavy atom. The van der Waals surface area contributed by atoms with Gasteiger partial charge in [0.05, 0.1) is 0 Å². The van der Waals surface area contributed by atoms with Crippen LogP contribution in [-0.4, -0.2) is 6.54 Å². The minimum atomic E-state index is 0.548. The molecule has 0 radical (unpaired) electrons. The highest BCUT2D eigenvalue weighted by atomic mass is 14.9. The number of benzene rings is 1. The maximum atomic E-state index is 3.76. The molecule has 0 saturated heterocycles. The molecule has 0 spiro atoms. The molecule has 0 fully saturated rings. The highest BCUT2D eigenvalue weighted by molar-refractivity contribution is 5.30. The first kappa shape index (κ1) is 18.2. The minimum absolute atomic E-state index is 0.548. The van der Waals surface area contributed by atoms with E-state index >= 15 is 0 Å². The zero-order valence-corrected chi connectivity index (χ0v) is 14.5. The molecule has 1 aromatic rings. The van der Waals surface area contributed by atoms with Gasteiger partial charge in [0.15, 0.2) is 0 Å². The molecule has 0 heterocycles. The number of nitrogens with one attached hydrogen (secondary N) is 1. The van der Waals surface area contributed by atoms with Crippen LogP contribution in [0.25, 0.3) is 0 Å². The van der Waals surface area contributed by atoms with Crippen molar-refractivity contribution in [2.24, 2.45) is 0 Å². The third-order valence-corrected chi connectivity index (χ3v) is 4.30. The molecule has 1 atom stereocenters. The van der Waals surface area contributed by atoms with Gasteiger partial charge in [0, 0.05) is 6.04 Å². The lowest BCUT2D eigenvalue weighted by molar-refractivity contribution is 0.464. The largest absolute Gasteiger partial charge is 0.310 e. The Morgan fingerprint density at radius 2 is 1.57 bits per heavy atom. The summed E-state index contributed by atoms with van der Waals surface area (Å²) in [5, 5.41) is 3.76. The Labute approximate surface area is 132 Å². The molecule has 0 aliphatic carbocycles. The smallest absolute Gasteiger partial charge is 0.0322 e. The summed E-state index contributed by atoms with van der Waals surface area (Å²) >= 11 is 0. The third kappa shape index (κ3) is 7.13. The van der Waals surface area contributed by atoms with Crippen LogP contribution in [-0.2, 0) is 6.42 Å². The van der Waals surface area contributed by atoms with E-state index in [0.29, 0.717) is 6.04 Å². The summed E-state index contributed by atoms with van der Waals surface area (Å²) in [4.78, 5) is 0. The summed E-state index contributed by atoms with van der Waals surface area (Å²) in [6, 6.07) is 9.52. The SMILES string of the molecule is CCCCCCCCC(NCCC)c1ccccc1CC. The minimum Gasteiger partial charge on any atom is -0.310 e. The molecule has 120 valence electrons. The van der Waals surface area contributed by atoms with E-state index in [1.54, 1.807) is 0 Å². The standard InChI is InChI=1S/C20H35N/c1-4-7-8-9-10-11-16-20(21-17-5-2)19-15-13-12-14-18(19)6-3/h12-15,20-21H,4-11,16-17H2,1-3H3. The zero-order valence-electron chi connectivity index (χ0n) is 14.5. The fourth-order valence-corrected chi connectivity index (χ4v) is 3.01. The van der Waals surface area contributed by atoms with Crippen LogP contribution in [0.3, 0.4) is 0 Å². The van der Waals surface area contributed by atoms with Gasteiger partial charge in [-0.1, -0.05) is 83.6 Å². The van der Waals surface area contributed by atoms with Gasteiger partial charge in [0.1, 0.15) is 0 Å². The van der Waals surface area contributed by atoms with Crippen molar-refractivity contribution in [1.29, 1.82) is 0 Å². The molecule has 1 nitrogen and oxygen atoms in total. The van der Waals surface area contributed by atoms with Crippen LogP contribution in [0.15, 0.2) is 24.3 Å². The lowest BCUT2D eigenvalue weighted by Crippen LogP contribution is -2.23.